The normalized spacial score (nSPS) is 11.7. The number of benzene rings is 1. The lowest BCUT2D eigenvalue weighted by Gasteiger charge is -2.18. The van der Waals surface area contributed by atoms with Gasteiger partial charge in [-0.05, 0) is 40.8 Å². The van der Waals surface area contributed by atoms with Crippen molar-refractivity contribution < 1.29 is 0 Å². The summed E-state index contributed by atoms with van der Waals surface area (Å²) in [6, 6.07) is 6.19. The molecule has 0 heterocycles. The second-order valence-corrected chi connectivity index (χ2v) is 7.01. The van der Waals surface area contributed by atoms with E-state index in [0.717, 1.165) is 5.69 Å². The molecule has 0 unspecified atom stereocenters. The summed E-state index contributed by atoms with van der Waals surface area (Å²) in [7, 11) is 0. The number of nitrogen functional groups attached to an aromatic ring is 1. The molecule has 2 N–H and O–H groups in total. The Labute approximate surface area is 97.6 Å². The molecule has 0 saturated heterocycles. The van der Waals surface area contributed by atoms with Crippen LogP contribution in [-0.4, -0.2) is 4.75 Å². The van der Waals surface area contributed by atoms with Crippen LogP contribution in [0.25, 0.3) is 0 Å². The highest BCUT2D eigenvalue weighted by atomic mass is 127. The van der Waals surface area contributed by atoms with Gasteiger partial charge in [-0.15, -0.1) is 11.8 Å². The molecule has 1 rings (SSSR count). The van der Waals surface area contributed by atoms with E-state index < -0.39 is 0 Å². The van der Waals surface area contributed by atoms with Crippen LogP contribution in [0.3, 0.4) is 0 Å². The quantitative estimate of drug-likeness (QED) is 0.485. The van der Waals surface area contributed by atoms with Crippen molar-refractivity contribution in [2.75, 3.05) is 5.73 Å². The molecule has 3 heteroatoms. The third kappa shape index (κ3) is 3.77. The standard InChI is InChI=1S/C10H14INS/c1-10(2,3)13-9-5-4-7(11)6-8(9)12/h4-6H,12H2,1-3H3. The Morgan fingerprint density at radius 2 is 1.92 bits per heavy atom. The second kappa shape index (κ2) is 4.09. The van der Waals surface area contributed by atoms with Crippen LogP contribution < -0.4 is 5.73 Å². The molecule has 0 aliphatic carbocycles. The summed E-state index contributed by atoms with van der Waals surface area (Å²) in [5.74, 6) is 0. The number of nitrogens with two attached hydrogens (primary N) is 1. The maximum atomic E-state index is 5.90. The van der Waals surface area contributed by atoms with E-state index in [1.807, 2.05) is 17.8 Å². The first-order valence-corrected chi connectivity index (χ1v) is 6.02. The Morgan fingerprint density at radius 3 is 2.38 bits per heavy atom. The van der Waals surface area contributed by atoms with Crippen LogP contribution in [0.2, 0.25) is 0 Å². The van der Waals surface area contributed by atoms with E-state index in [2.05, 4.69) is 55.5 Å². The predicted molar refractivity (Wildman–Crippen MR) is 69.2 cm³/mol. The van der Waals surface area contributed by atoms with Gasteiger partial charge in [0.25, 0.3) is 0 Å². The van der Waals surface area contributed by atoms with Crippen molar-refractivity contribution in [1.82, 2.24) is 0 Å². The van der Waals surface area contributed by atoms with Crippen molar-refractivity contribution in [3.8, 4) is 0 Å². The van der Waals surface area contributed by atoms with Gasteiger partial charge in [0, 0.05) is 18.9 Å². The van der Waals surface area contributed by atoms with Crippen molar-refractivity contribution >= 4 is 40.0 Å². The van der Waals surface area contributed by atoms with E-state index in [1.54, 1.807) is 0 Å². The molecular formula is C10H14INS. The van der Waals surface area contributed by atoms with Crippen LogP contribution >= 0.6 is 34.4 Å². The summed E-state index contributed by atoms with van der Waals surface area (Å²) in [6.07, 6.45) is 0. The Hall–Kier alpha value is 0.1000. The van der Waals surface area contributed by atoms with E-state index >= 15 is 0 Å². The molecule has 13 heavy (non-hydrogen) atoms. The number of hydrogen-bond donors (Lipinski definition) is 1. The smallest absolute Gasteiger partial charge is 0.0463 e. The molecule has 0 atom stereocenters. The van der Waals surface area contributed by atoms with Gasteiger partial charge in [0.2, 0.25) is 0 Å². The summed E-state index contributed by atoms with van der Waals surface area (Å²) in [5.41, 5.74) is 6.78. The van der Waals surface area contributed by atoms with Gasteiger partial charge >= 0.3 is 0 Å². The molecular weight excluding hydrogens is 293 g/mol. The summed E-state index contributed by atoms with van der Waals surface area (Å²) >= 11 is 4.08. The minimum absolute atomic E-state index is 0.223. The maximum absolute atomic E-state index is 5.90. The van der Waals surface area contributed by atoms with E-state index in [1.165, 1.54) is 8.47 Å². The maximum Gasteiger partial charge on any atom is 0.0463 e. The van der Waals surface area contributed by atoms with Crippen LogP contribution in [0.5, 0.6) is 0 Å². The van der Waals surface area contributed by atoms with Crippen molar-refractivity contribution in [3.05, 3.63) is 21.8 Å². The summed E-state index contributed by atoms with van der Waals surface area (Å²) < 4.78 is 1.41. The Kier molecular flexibility index (Phi) is 3.51. The topological polar surface area (TPSA) is 26.0 Å². The molecule has 0 saturated carbocycles. The van der Waals surface area contributed by atoms with Gasteiger partial charge in [0.1, 0.15) is 0 Å². The fourth-order valence-electron chi connectivity index (χ4n) is 0.942. The zero-order valence-electron chi connectivity index (χ0n) is 8.10. The molecule has 0 fully saturated rings. The highest BCUT2D eigenvalue weighted by molar-refractivity contribution is 14.1. The van der Waals surface area contributed by atoms with Crippen LogP contribution in [-0.2, 0) is 0 Å². The molecule has 0 radical (unpaired) electrons. The van der Waals surface area contributed by atoms with Gasteiger partial charge in [0.15, 0.2) is 0 Å². The van der Waals surface area contributed by atoms with E-state index in [0.29, 0.717) is 0 Å². The predicted octanol–water partition coefficient (Wildman–Crippen LogP) is 3.76. The lowest BCUT2D eigenvalue weighted by Crippen LogP contribution is -2.07. The van der Waals surface area contributed by atoms with E-state index in [9.17, 15) is 0 Å². The number of halogens is 1. The zero-order chi connectivity index (χ0) is 10.1. The first kappa shape index (κ1) is 11.2. The van der Waals surface area contributed by atoms with Gasteiger partial charge in [-0.25, -0.2) is 0 Å². The molecule has 72 valence electrons. The average molecular weight is 307 g/mol. The largest absolute Gasteiger partial charge is 0.398 e. The number of rotatable bonds is 1. The Bertz CT molecular complexity index is 304. The zero-order valence-corrected chi connectivity index (χ0v) is 11.1. The highest BCUT2D eigenvalue weighted by Gasteiger charge is 2.13. The van der Waals surface area contributed by atoms with Crippen LogP contribution in [0, 0.1) is 3.57 Å². The van der Waals surface area contributed by atoms with E-state index in [-0.39, 0.29) is 4.75 Å². The first-order valence-electron chi connectivity index (χ1n) is 4.12. The fourth-order valence-corrected chi connectivity index (χ4v) is 2.43. The van der Waals surface area contributed by atoms with Crippen molar-refractivity contribution in [3.63, 3.8) is 0 Å². The molecule has 0 aromatic heterocycles. The van der Waals surface area contributed by atoms with E-state index in [4.69, 9.17) is 5.73 Å². The SMILES string of the molecule is CC(C)(C)Sc1ccc(I)cc1N. The fraction of sp³-hybridized carbons (Fsp3) is 0.400. The van der Waals surface area contributed by atoms with Crippen molar-refractivity contribution in [2.45, 2.75) is 30.4 Å². The molecule has 1 aromatic rings. The lowest BCUT2D eigenvalue weighted by atomic mass is 10.3. The Morgan fingerprint density at radius 1 is 1.31 bits per heavy atom. The molecule has 1 nitrogen and oxygen atoms in total. The number of anilines is 1. The number of thioether (sulfide) groups is 1. The highest BCUT2D eigenvalue weighted by Crippen LogP contribution is 2.35. The molecule has 0 amide bonds. The van der Waals surface area contributed by atoms with Gasteiger partial charge in [-0.3, -0.25) is 0 Å². The van der Waals surface area contributed by atoms with Gasteiger partial charge < -0.3 is 5.73 Å². The molecule has 0 aliphatic heterocycles. The minimum atomic E-state index is 0.223. The summed E-state index contributed by atoms with van der Waals surface area (Å²) in [4.78, 5) is 1.17. The Balaban J connectivity index is 2.90. The lowest BCUT2D eigenvalue weighted by molar-refractivity contribution is 0.803. The second-order valence-electron chi connectivity index (χ2n) is 3.90. The summed E-state index contributed by atoms with van der Waals surface area (Å²) in [5, 5.41) is 0. The molecule has 0 aliphatic rings. The molecule has 1 aromatic carbocycles. The van der Waals surface area contributed by atoms with Gasteiger partial charge in [-0.1, -0.05) is 20.8 Å². The minimum Gasteiger partial charge on any atom is -0.398 e. The monoisotopic (exact) mass is 307 g/mol. The van der Waals surface area contributed by atoms with Crippen molar-refractivity contribution in [2.24, 2.45) is 0 Å². The van der Waals surface area contributed by atoms with Gasteiger partial charge in [0.05, 0.1) is 0 Å². The molecule has 0 bridgehead atoms. The van der Waals surface area contributed by atoms with Crippen LogP contribution in [0.4, 0.5) is 5.69 Å². The van der Waals surface area contributed by atoms with Crippen LogP contribution in [0.15, 0.2) is 23.1 Å². The number of hydrogen-bond acceptors (Lipinski definition) is 2. The van der Waals surface area contributed by atoms with Crippen molar-refractivity contribution in [1.29, 1.82) is 0 Å². The summed E-state index contributed by atoms with van der Waals surface area (Å²) in [6.45, 7) is 6.57. The third-order valence-electron chi connectivity index (χ3n) is 1.39. The van der Waals surface area contributed by atoms with Crippen LogP contribution in [0.1, 0.15) is 20.8 Å². The first-order chi connectivity index (χ1) is 5.88. The van der Waals surface area contributed by atoms with Gasteiger partial charge in [-0.2, -0.15) is 0 Å². The molecule has 0 spiro atoms. The third-order valence-corrected chi connectivity index (χ3v) is 3.26. The average Bonchev–Trinajstić information content (AvgIpc) is 1.93.